The minimum Gasteiger partial charge on any atom is -0.337 e. The molecular weight excluding hydrogens is 360 g/mol. The Morgan fingerprint density at radius 1 is 1.07 bits per heavy atom. The second-order valence-electron chi connectivity index (χ2n) is 7.56. The van der Waals surface area contributed by atoms with Crippen molar-refractivity contribution in [2.24, 2.45) is 0 Å². The van der Waals surface area contributed by atoms with Gasteiger partial charge in [-0.15, -0.1) is 0 Å². The highest BCUT2D eigenvalue weighted by atomic mass is 16.2. The second kappa shape index (κ2) is 8.42. The largest absolute Gasteiger partial charge is 0.337 e. The van der Waals surface area contributed by atoms with E-state index in [1.807, 2.05) is 66.4 Å². The SMILES string of the molecule is Cc1cc(C(=O)N2CCCN(Cc3ccc(C#N)cc3)CC2)c2ccccc2n1. The van der Waals surface area contributed by atoms with Crippen LogP contribution in [0.5, 0.6) is 0 Å². The number of nitrogens with zero attached hydrogens (tertiary/aromatic N) is 4. The molecule has 1 fully saturated rings. The average Bonchev–Trinajstić information content (AvgIpc) is 2.99. The van der Waals surface area contributed by atoms with Crippen molar-refractivity contribution in [1.29, 1.82) is 5.26 Å². The number of amides is 1. The van der Waals surface area contributed by atoms with Gasteiger partial charge in [0.1, 0.15) is 0 Å². The molecule has 2 heterocycles. The van der Waals surface area contributed by atoms with E-state index in [9.17, 15) is 4.79 Å². The molecule has 0 radical (unpaired) electrons. The number of carbonyl (C=O) groups excluding carboxylic acids is 1. The van der Waals surface area contributed by atoms with E-state index in [0.29, 0.717) is 12.1 Å². The van der Waals surface area contributed by atoms with Crippen molar-refractivity contribution in [1.82, 2.24) is 14.8 Å². The van der Waals surface area contributed by atoms with Gasteiger partial charge in [0.05, 0.1) is 22.7 Å². The van der Waals surface area contributed by atoms with Crippen LogP contribution in [0.3, 0.4) is 0 Å². The van der Waals surface area contributed by atoms with E-state index in [0.717, 1.165) is 54.8 Å². The number of fused-ring (bicyclic) bond motifs is 1. The molecule has 1 amide bonds. The Hall–Kier alpha value is -3.23. The van der Waals surface area contributed by atoms with Gasteiger partial charge < -0.3 is 4.90 Å². The molecule has 0 atom stereocenters. The van der Waals surface area contributed by atoms with E-state index in [1.165, 1.54) is 5.56 Å². The van der Waals surface area contributed by atoms with Crippen LogP contribution in [0.25, 0.3) is 10.9 Å². The summed E-state index contributed by atoms with van der Waals surface area (Å²) >= 11 is 0. The lowest BCUT2D eigenvalue weighted by Crippen LogP contribution is -2.35. The van der Waals surface area contributed by atoms with E-state index in [2.05, 4.69) is 16.0 Å². The first kappa shape index (κ1) is 19.1. The Labute approximate surface area is 171 Å². The molecule has 2 aromatic carbocycles. The van der Waals surface area contributed by atoms with Gasteiger partial charge in [-0.2, -0.15) is 5.26 Å². The molecule has 1 aliphatic heterocycles. The normalized spacial score (nSPS) is 15.1. The number of hydrogen-bond acceptors (Lipinski definition) is 4. The molecule has 1 saturated heterocycles. The number of aryl methyl sites for hydroxylation is 1. The van der Waals surface area contributed by atoms with Gasteiger partial charge in [0, 0.05) is 43.8 Å². The predicted octanol–water partition coefficient (Wildman–Crippen LogP) is 3.76. The van der Waals surface area contributed by atoms with Crippen LogP contribution in [-0.4, -0.2) is 46.9 Å². The Bertz CT molecular complexity index is 1070. The molecule has 3 aromatic rings. The van der Waals surface area contributed by atoms with Crippen molar-refractivity contribution in [2.75, 3.05) is 26.2 Å². The molecule has 29 heavy (non-hydrogen) atoms. The Kier molecular flexibility index (Phi) is 5.55. The third-order valence-corrected chi connectivity index (χ3v) is 5.44. The zero-order chi connectivity index (χ0) is 20.2. The van der Waals surface area contributed by atoms with Gasteiger partial charge in [0.25, 0.3) is 5.91 Å². The number of benzene rings is 2. The summed E-state index contributed by atoms with van der Waals surface area (Å²) in [6.45, 7) is 6.05. The summed E-state index contributed by atoms with van der Waals surface area (Å²) in [5.74, 6) is 0.0897. The maximum atomic E-state index is 13.3. The molecule has 4 rings (SSSR count). The Morgan fingerprint density at radius 3 is 2.66 bits per heavy atom. The molecule has 1 aliphatic rings. The Morgan fingerprint density at radius 2 is 1.86 bits per heavy atom. The predicted molar refractivity (Wildman–Crippen MR) is 113 cm³/mol. The van der Waals surface area contributed by atoms with Crippen LogP contribution in [0.2, 0.25) is 0 Å². The fourth-order valence-electron chi connectivity index (χ4n) is 3.93. The highest BCUT2D eigenvalue weighted by Gasteiger charge is 2.22. The number of nitriles is 1. The third kappa shape index (κ3) is 4.28. The maximum Gasteiger partial charge on any atom is 0.254 e. The van der Waals surface area contributed by atoms with Crippen LogP contribution in [0.1, 0.15) is 33.6 Å². The smallest absolute Gasteiger partial charge is 0.254 e. The van der Waals surface area contributed by atoms with E-state index in [4.69, 9.17) is 5.26 Å². The van der Waals surface area contributed by atoms with Crippen LogP contribution in [-0.2, 0) is 6.54 Å². The first-order valence-corrected chi connectivity index (χ1v) is 10.0. The topological polar surface area (TPSA) is 60.2 Å². The molecule has 0 N–H and O–H groups in total. The lowest BCUT2D eigenvalue weighted by atomic mass is 10.1. The van der Waals surface area contributed by atoms with Crippen molar-refractivity contribution in [2.45, 2.75) is 19.9 Å². The van der Waals surface area contributed by atoms with Crippen molar-refractivity contribution in [3.8, 4) is 6.07 Å². The van der Waals surface area contributed by atoms with Gasteiger partial charge in [-0.05, 0) is 43.2 Å². The summed E-state index contributed by atoms with van der Waals surface area (Å²) in [6.07, 6.45) is 0.948. The first-order valence-electron chi connectivity index (χ1n) is 10.0. The van der Waals surface area contributed by atoms with E-state index >= 15 is 0 Å². The summed E-state index contributed by atoms with van der Waals surface area (Å²) < 4.78 is 0. The molecule has 0 bridgehead atoms. The fourth-order valence-corrected chi connectivity index (χ4v) is 3.93. The lowest BCUT2D eigenvalue weighted by Gasteiger charge is -2.23. The number of aromatic nitrogens is 1. The quantitative estimate of drug-likeness (QED) is 0.690. The second-order valence-corrected chi connectivity index (χ2v) is 7.56. The molecule has 0 aliphatic carbocycles. The minimum absolute atomic E-state index is 0.0897. The summed E-state index contributed by atoms with van der Waals surface area (Å²) in [4.78, 5) is 22.2. The monoisotopic (exact) mass is 384 g/mol. The summed E-state index contributed by atoms with van der Waals surface area (Å²) in [5, 5.41) is 9.86. The fraction of sp³-hybridized carbons (Fsp3) is 0.292. The maximum absolute atomic E-state index is 13.3. The zero-order valence-electron chi connectivity index (χ0n) is 16.6. The number of para-hydroxylation sites is 1. The number of rotatable bonds is 3. The number of hydrogen-bond donors (Lipinski definition) is 0. The number of carbonyl (C=O) groups is 1. The molecule has 0 unspecified atom stereocenters. The first-order chi connectivity index (χ1) is 14.1. The van der Waals surface area contributed by atoms with Crippen LogP contribution in [0.15, 0.2) is 54.6 Å². The molecular formula is C24H24N4O. The van der Waals surface area contributed by atoms with E-state index < -0.39 is 0 Å². The van der Waals surface area contributed by atoms with Gasteiger partial charge in [-0.1, -0.05) is 30.3 Å². The third-order valence-electron chi connectivity index (χ3n) is 5.44. The van der Waals surface area contributed by atoms with Crippen LogP contribution in [0.4, 0.5) is 0 Å². The van der Waals surface area contributed by atoms with E-state index in [-0.39, 0.29) is 5.91 Å². The molecule has 0 saturated carbocycles. The van der Waals surface area contributed by atoms with Gasteiger partial charge in [0.2, 0.25) is 0 Å². The van der Waals surface area contributed by atoms with Crippen molar-refractivity contribution < 1.29 is 4.79 Å². The van der Waals surface area contributed by atoms with Crippen LogP contribution >= 0.6 is 0 Å². The van der Waals surface area contributed by atoms with Crippen LogP contribution < -0.4 is 0 Å². The molecule has 5 heteroatoms. The van der Waals surface area contributed by atoms with Crippen molar-refractivity contribution in [3.05, 3.63) is 77.0 Å². The molecule has 1 aromatic heterocycles. The highest BCUT2D eigenvalue weighted by molar-refractivity contribution is 6.06. The number of pyridine rings is 1. The summed E-state index contributed by atoms with van der Waals surface area (Å²) in [7, 11) is 0. The van der Waals surface area contributed by atoms with Crippen molar-refractivity contribution in [3.63, 3.8) is 0 Å². The molecule has 146 valence electrons. The average molecular weight is 384 g/mol. The summed E-state index contributed by atoms with van der Waals surface area (Å²) in [5.41, 5.74) is 4.35. The van der Waals surface area contributed by atoms with Gasteiger partial charge >= 0.3 is 0 Å². The van der Waals surface area contributed by atoms with Gasteiger partial charge in [-0.25, -0.2) is 0 Å². The molecule has 5 nitrogen and oxygen atoms in total. The Balaban J connectivity index is 1.47. The van der Waals surface area contributed by atoms with Gasteiger partial charge in [0.15, 0.2) is 0 Å². The highest BCUT2D eigenvalue weighted by Crippen LogP contribution is 2.21. The minimum atomic E-state index is 0.0897. The molecule has 0 spiro atoms. The summed E-state index contributed by atoms with van der Waals surface area (Å²) in [6, 6.07) is 19.7. The zero-order valence-corrected chi connectivity index (χ0v) is 16.6. The standard InChI is InChI=1S/C24H24N4O/c1-18-15-22(21-5-2-3-6-23(21)26-18)24(29)28-12-4-11-27(13-14-28)17-20-9-7-19(16-25)8-10-20/h2-3,5-10,15H,4,11-14,17H2,1H3. The van der Waals surface area contributed by atoms with Crippen molar-refractivity contribution >= 4 is 16.8 Å². The van der Waals surface area contributed by atoms with Crippen LogP contribution in [0, 0.1) is 18.3 Å². The lowest BCUT2D eigenvalue weighted by molar-refractivity contribution is 0.0763. The van der Waals surface area contributed by atoms with E-state index in [1.54, 1.807) is 0 Å². The van der Waals surface area contributed by atoms with Gasteiger partial charge in [-0.3, -0.25) is 14.7 Å².